The van der Waals surface area contributed by atoms with Crippen LogP contribution in [0.2, 0.25) is 0 Å². The van der Waals surface area contributed by atoms with E-state index in [0.717, 1.165) is 13.1 Å². The number of pyridine rings is 1. The van der Waals surface area contributed by atoms with Crippen LogP contribution in [0, 0.1) is 0 Å². The number of carbonyl (C=O) groups excluding carboxylic acids is 1. The molecule has 1 fully saturated rings. The van der Waals surface area contributed by atoms with Gasteiger partial charge in [0.2, 0.25) is 5.91 Å². The normalized spacial score (nSPS) is 17.0. The SMILES string of the molecule is C[C@@H](C(=O)N1CC(c2ccncc2)C1)n1cccn1. The fourth-order valence-electron chi connectivity index (χ4n) is 2.39. The predicted molar refractivity (Wildman–Crippen MR) is 70.5 cm³/mol. The Bertz CT molecular complexity index is 546. The molecule has 5 nitrogen and oxygen atoms in total. The molecule has 0 radical (unpaired) electrons. The van der Waals surface area contributed by atoms with Crippen molar-refractivity contribution in [3.05, 3.63) is 48.5 Å². The van der Waals surface area contributed by atoms with Gasteiger partial charge < -0.3 is 4.90 Å². The van der Waals surface area contributed by atoms with Crippen molar-refractivity contribution in [2.24, 2.45) is 0 Å². The van der Waals surface area contributed by atoms with Crippen molar-refractivity contribution < 1.29 is 4.79 Å². The average molecular weight is 256 g/mol. The summed E-state index contributed by atoms with van der Waals surface area (Å²) in [6.07, 6.45) is 7.11. The highest BCUT2D eigenvalue weighted by atomic mass is 16.2. The molecule has 19 heavy (non-hydrogen) atoms. The summed E-state index contributed by atoms with van der Waals surface area (Å²) in [6, 6.07) is 5.64. The van der Waals surface area contributed by atoms with Crippen molar-refractivity contribution in [3.8, 4) is 0 Å². The van der Waals surface area contributed by atoms with Gasteiger partial charge in [0.25, 0.3) is 0 Å². The fourth-order valence-corrected chi connectivity index (χ4v) is 2.39. The zero-order valence-corrected chi connectivity index (χ0v) is 10.8. The van der Waals surface area contributed by atoms with E-state index in [1.165, 1.54) is 5.56 Å². The minimum Gasteiger partial charge on any atom is -0.339 e. The maximum Gasteiger partial charge on any atom is 0.247 e. The Morgan fingerprint density at radius 2 is 2.05 bits per heavy atom. The largest absolute Gasteiger partial charge is 0.339 e. The standard InChI is InChI=1S/C14H16N4O/c1-11(18-8-2-5-16-18)14(19)17-9-13(10-17)12-3-6-15-7-4-12/h2-8,11,13H,9-10H2,1H3/t11-/m0/s1. The van der Waals surface area contributed by atoms with Crippen molar-refractivity contribution in [1.29, 1.82) is 0 Å². The second kappa shape index (κ2) is 4.84. The van der Waals surface area contributed by atoms with Gasteiger partial charge in [-0.3, -0.25) is 14.5 Å². The van der Waals surface area contributed by atoms with Gasteiger partial charge in [0.15, 0.2) is 0 Å². The summed E-state index contributed by atoms with van der Waals surface area (Å²) in [6.45, 7) is 3.46. The van der Waals surface area contributed by atoms with E-state index < -0.39 is 0 Å². The number of aromatic nitrogens is 3. The van der Waals surface area contributed by atoms with Crippen LogP contribution in [0.4, 0.5) is 0 Å². The van der Waals surface area contributed by atoms with Gasteiger partial charge >= 0.3 is 0 Å². The molecule has 0 unspecified atom stereocenters. The molecule has 0 aromatic carbocycles. The number of carbonyl (C=O) groups is 1. The molecule has 2 aromatic heterocycles. The summed E-state index contributed by atoms with van der Waals surface area (Å²) >= 11 is 0. The number of likely N-dealkylation sites (tertiary alicyclic amines) is 1. The van der Waals surface area contributed by atoms with Crippen molar-refractivity contribution >= 4 is 5.91 Å². The summed E-state index contributed by atoms with van der Waals surface area (Å²) in [7, 11) is 0. The van der Waals surface area contributed by atoms with Gasteiger partial charge in [-0.15, -0.1) is 0 Å². The van der Waals surface area contributed by atoms with Crippen LogP contribution < -0.4 is 0 Å². The van der Waals surface area contributed by atoms with Crippen molar-refractivity contribution in [2.45, 2.75) is 18.9 Å². The molecule has 1 saturated heterocycles. The molecule has 0 N–H and O–H groups in total. The molecule has 1 aliphatic heterocycles. The van der Waals surface area contributed by atoms with E-state index in [1.54, 1.807) is 23.3 Å². The lowest BCUT2D eigenvalue weighted by molar-refractivity contribution is -0.139. The van der Waals surface area contributed by atoms with E-state index in [2.05, 4.69) is 10.1 Å². The van der Waals surface area contributed by atoms with Crippen LogP contribution in [0.1, 0.15) is 24.4 Å². The van der Waals surface area contributed by atoms with Gasteiger partial charge in [0, 0.05) is 43.8 Å². The summed E-state index contributed by atoms with van der Waals surface area (Å²) in [5.41, 5.74) is 1.26. The summed E-state index contributed by atoms with van der Waals surface area (Å²) < 4.78 is 1.70. The minimum absolute atomic E-state index is 0.133. The molecule has 98 valence electrons. The van der Waals surface area contributed by atoms with Crippen LogP contribution in [0.15, 0.2) is 43.0 Å². The van der Waals surface area contributed by atoms with Crippen LogP contribution in [0.5, 0.6) is 0 Å². The van der Waals surface area contributed by atoms with E-state index in [9.17, 15) is 4.79 Å². The molecular formula is C14H16N4O. The molecule has 0 aliphatic carbocycles. The Hall–Kier alpha value is -2.17. The molecule has 1 amide bonds. The van der Waals surface area contributed by atoms with Crippen LogP contribution in [0.25, 0.3) is 0 Å². The van der Waals surface area contributed by atoms with Crippen molar-refractivity contribution in [3.63, 3.8) is 0 Å². The van der Waals surface area contributed by atoms with Crippen LogP contribution >= 0.6 is 0 Å². The Morgan fingerprint density at radius 3 is 2.68 bits per heavy atom. The number of amides is 1. The maximum atomic E-state index is 12.3. The summed E-state index contributed by atoms with van der Waals surface area (Å²) in [5, 5.41) is 4.12. The third-order valence-corrected chi connectivity index (χ3v) is 3.65. The van der Waals surface area contributed by atoms with Gasteiger partial charge in [-0.25, -0.2) is 0 Å². The molecule has 5 heteroatoms. The number of hydrogen-bond acceptors (Lipinski definition) is 3. The average Bonchev–Trinajstić information content (AvgIpc) is 2.91. The lowest BCUT2D eigenvalue weighted by Crippen LogP contribution is -2.50. The molecule has 3 heterocycles. The number of nitrogens with zero attached hydrogens (tertiary/aromatic N) is 4. The maximum absolute atomic E-state index is 12.3. The van der Waals surface area contributed by atoms with Gasteiger partial charge in [0.1, 0.15) is 6.04 Å². The van der Waals surface area contributed by atoms with E-state index in [4.69, 9.17) is 0 Å². The second-order valence-corrected chi connectivity index (χ2v) is 4.88. The van der Waals surface area contributed by atoms with Crippen molar-refractivity contribution in [1.82, 2.24) is 19.7 Å². The zero-order chi connectivity index (χ0) is 13.2. The first kappa shape index (κ1) is 11.9. The molecule has 0 bridgehead atoms. The monoisotopic (exact) mass is 256 g/mol. The minimum atomic E-state index is -0.228. The van der Waals surface area contributed by atoms with Crippen LogP contribution in [-0.2, 0) is 4.79 Å². The molecule has 1 aliphatic rings. The predicted octanol–water partition coefficient (Wildman–Crippen LogP) is 1.47. The molecule has 1 atom stereocenters. The highest BCUT2D eigenvalue weighted by Gasteiger charge is 2.34. The second-order valence-electron chi connectivity index (χ2n) is 4.88. The van der Waals surface area contributed by atoms with Gasteiger partial charge in [-0.05, 0) is 30.7 Å². The van der Waals surface area contributed by atoms with E-state index in [1.807, 2.05) is 36.2 Å². The van der Waals surface area contributed by atoms with Gasteiger partial charge in [0.05, 0.1) is 0 Å². The topological polar surface area (TPSA) is 51.0 Å². The van der Waals surface area contributed by atoms with Crippen LogP contribution in [-0.4, -0.2) is 38.7 Å². The molecule has 0 spiro atoms. The smallest absolute Gasteiger partial charge is 0.247 e. The lowest BCUT2D eigenvalue weighted by atomic mass is 9.92. The molecule has 3 rings (SSSR count). The molecule has 0 saturated carbocycles. The van der Waals surface area contributed by atoms with Crippen LogP contribution in [0.3, 0.4) is 0 Å². The lowest BCUT2D eigenvalue weighted by Gasteiger charge is -2.40. The summed E-state index contributed by atoms with van der Waals surface area (Å²) in [4.78, 5) is 18.1. The first-order valence-corrected chi connectivity index (χ1v) is 6.43. The number of rotatable bonds is 3. The van der Waals surface area contributed by atoms with Gasteiger partial charge in [-0.1, -0.05) is 0 Å². The highest BCUT2D eigenvalue weighted by molar-refractivity contribution is 5.81. The Labute approximate surface area is 111 Å². The molecule has 2 aromatic rings. The van der Waals surface area contributed by atoms with E-state index in [-0.39, 0.29) is 11.9 Å². The third-order valence-electron chi connectivity index (χ3n) is 3.65. The van der Waals surface area contributed by atoms with Gasteiger partial charge in [-0.2, -0.15) is 5.10 Å². The summed E-state index contributed by atoms with van der Waals surface area (Å²) in [5.74, 6) is 0.575. The highest BCUT2D eigenvalue weighted by Crippen LogP contribution is 2.28. The first-order valence-electron chi connectivity index (χ1n) is 6.43. The van der Waals surface area contributed by atoms with Crippen molar-refractivity contribution in [2.75, 3.05) is 13.1 Å². The Balaban J connectivity index is 1.60. The number of hydrogen-bond donors (Lipinski definition) is 0. The molecular weight excluding hydrogens is 240 g/mol. The first-order chi connectivity index (χ1) is 9.25. The Kier molecular flexibility index (Phi) is 3.03. The zero-order valence-electron chi connectivity index (χ0n) is 10.8. The van der Waals surface area contributed by atoms with E-state index in [0.29, 0.717) is 5.92 Å². The quantitative estimate of drug-likeness (QED) is 0.835. The third kappa shape index (κ3) is 2.23. The fraction of sp³-hybridized carbons (Fsp3) is 0.357. The van der Waals surface area contributed by atoms with E-state index >= 15 is 0 Å². The Morgan fingerprint density at radius 1 is 1.32 bits per heavy atom.